The second-order valence-corrected chi connectivity index (χ2v) is 11.7. The molecule has 0 bridgehead atoms. The first-order chi connectivity index (χ1) is 18.6. The van der Waals surface area contributed by atoms with E-state index in [4.69, 9.17) is 9.15 Å². The van der Waals surface area contributed by atoms with Crippen LogP contribution in [0.1, 0.15) is 55.4 Å². The maximum absolute atomic E-state index is 12.7. The van der Waals surface area contributed by atoms with Gasteiger partial charge in [-0.15, -0.1) is 0 Å². The van der Waals surface area contributed by atoms with Crippen LogP contribution >= 0.6 is 0 Å². The first-order valence-electron chi connectivity index (χ1n) is 13.7. The summed E-state index contributed by atoms with van der Waals surface area (Å²) in [5, 5.41) is 57.4. The Morgan fingerprint density at radius 1 is 1.15 bits per heavy atom. The first kappa shape index (κ1) is 26.3. The van der Waals surface area contributed by atoms with Crippen LogP contribution < -0.4 is 0 Å². The molecule has 0 radical (unpaired) electrons. The Morgan fingerprint density at radius 3 is 2.56 bits per heavy atom. The summed E-state index contributed by atoms with van der Waals surface area (Å²) in [7, 11) is 0. The third-order valence-electron chi connectivity index (χ3n) is 9.58. The van der Waals surface area contributed by atoms with E-state index in [1.54, 1.807) is 12.5 Å². The molecule has 0 spiro atoms. The van der Waals surface area contributed by atoms with Crippen LogP contribution in [-0.4, -0.2) is 62.0 Å². The molecule has 3 aliphatic carbocycles. The number of ether oxygens (including phenoxy) is 1. The molecule has 2 heterocycles. The molecule has 4 aliphatic rings. The standard InChI is InChI=1S/C30H34O9/c1-14(31)23-22(32)12-19-9-17-10-21-20(16-4-7-39-13-16)11-18(8-15-2-5-38-6-3-15)26(33)25(21)27(34)24(17)29(36)30(19,37)28(23)35/h4,7,11,13,15,17,19,24,27,29,33-37H,2-3,5-6,8-10,12H2,1H3/t17?,19?,24?,27?,29?,30-/m1/s1. The second kappa shape index (κ2) is 9.59. The number of carbonyl (C=O) groups is 2. The lowest BCUT2D eigenvalue weighted by Gasteiger charge is -2.54. The fraction of sp³-hybridized carbons (Fsp3) is 0.533. The number of furan rings is 1. The summed E-state index contributed by atoms with van der Waals surface area (Å²) in [5.74, 6) is -3.91. The average Bonchev–Trinajstić information content (AvgIpc) is 3.43. The van der Waals surface area contributed by atoms with Crippen molar-refractivity contribution < 1.29 is 44.3 Å². The topological polar surface area (TPSA) is 158 Å². The minimum absolute atomic E-state index is 0.0287. The Bertz CT molecular complexity index is 1340. The van der Waals surface area contributed by atoms with Crippen molar-refractivity contribution in [2.45, 2.75) is 63.3 Å². The van der Waals surface area contributed by atoms with Gasteiger partial charge in [-0.3, -0.25) is 9.59 Å². The number of carbonyl (C=O) groups excluding carboxylic acids is 2. The van der Waals surface area contributed by atoms with Crippen molar-refractivity contribution in [1.29, 1.82) is 0 Å². The number of aromatic hydroxyl groups is 1. The van der Waals surface area contributed by atoms with Gasteiger partial charge in [0, 0.05) is 42.6 Å². The molecule has 9 heteroatoms. The van der Waals surface area contributed by atoms with Crippen LogP contribution in [0.5, 0.6) is 5.75 Å². The van der Waals surface area contributed by atoms with Crippen LogP contribution in [0.25, 0.3) is 11.1 Å². The Morgan fingerprint density at radius 2 is 1.90 bits per heavy atom. The third kappa shape index (κ3) is 3.97. The van der Waals surface area contributed by atoms with Gasteiger partial charge in [0.05, 0.1) is 24.7 Å². The molecule has 1 saturated heterocycles. The van der Waals surface area contributed by atoms with E-state index in [-0.39, 0.29) is 24.5 Å². The molecule has 39 heavy (non-hydrogen) atoms. The van der Waals surface area contributed by atoms with E-state index in [0.717, 1.165) is 36.5 Å². The predicted octanol–water partition coefficient (Wildman–Crippen LogP) is 2.93. The molecule has 2 aromatic rings. The number of aliphatic hydroxyl groups is 4. The van der Waals surface area contributed by atoms with Crippen LogP contribution in [0.15, 0.2) is 40.4 Å². The lowest BCUT2D eigenvalue weighted by molar-refractivity contribution is -0.198. The van der Waals surface area contributed by atoms with Gasteiger partial charge in [-0.1, -0.05) is 0 Å². The van der Waals surface area contributed by atoms with E-state index in [0.29, 0.717) is 43.1 Å². The minimum atomic E-state index is -2.25. The summed E-state index contributed by atoms with van der Waals surface area (Å²) >= 11 is 0. The summed E-state index contributed by atoms with van der Waals surface area (Å²) in [6.45, 7) is 2.45. The van der Waals surface area contributed by atoms with Gasteiger partial charge < -0.3 is 34.7 Å². The SMILES string of the molecule is CC(=O)C1=C(O)[C@]2(O)C(CC1=O)CC1Cc3c(-c4ccoc4)cc(CC4CCOCC4)c(O)c3C(O)C1C2O. The molecule has 1 aromatic carbocycles. The highest BCUT2D eigenvalue weighted by atomic mass is 16.5. The van der Waals surface area contributed by atoms with Crippen LogP contribution in [-0.2, 0) is 27.2 Å². The quantitative estimate of drug-likeness (QED) is 0.369. The number of hydrogen-bond donors (Lipinski definition) is 5. The largest absolute Gasteiger partial charge is 0.508 e. The molecule has 1 aliphatic heterocycles. The number of aliphatic hydroxyl groups excluding tert-OH is 3. The maximum Gasteiger partial charge on any atom is 0.170 e. The molecule has 5 unspecified atom stereocenters. The molecule has 208 valence electrons. The number of rotatable bonds is 4. The normalized spacial score (nSPS) is 32.9. The zero-order valence-electron chi connectivity index (χ0n) is 21.8. The second-order valence-electron chi connectivity index (χ2n) is 11.7. The van der Waals surface area contributed by atoms with E-state index in [9.17, 15) is 35.1 Å². The molecule has 0 amide bonds. The molecule has 6 atom stereocenters. The van der Waals surface area contributed by atoms with Crippen molar-refractivity contribution in [2.75, 3.05) is 13.2 Å². The van der Waals surface area contributed by atoms with E-state index in [1.807, 2.05) is 12.1 Å². The van der Waals surface area contributed by atoms with Crippen molar-refractivity contribution in [1.82, 2.24) is 0 Å². The van der Waals surface area contributed by atoms with Gasteiger partial charge in [0.25, 0.3) is 0 Å². The third-order valence-corrected chi connectivity index (χ3v) is 9.58. The van der Waals surface area contributed by atoms with Gasteiger partial charge in [-0.25, -0.2) is 0 Å². The van der Waals surface area contributed by atoms with Crippen LogP contribution in [0.3, 0.4) is 0 Å². The highest BCUT2D eigenvalue weighted by molar-refractivity contribution is 6.20. The van der Waals surface area contributed by atoms with Gasteiger partial charge >= 0.3 is 0 Å². The van der Waals surface area contributed by atoms with Crippen molar-refractivity contribution in [3.8, 4) is 16.9 Å². The predicted molar refractivity (Wildman–Crippen MR) is 138 cm³/mol. The van der Waals surface area contributed by atoms with Crippen LogP contribution in [0.2, 0.25) is 0 Å². The highest BCUT2D eigenvalue weighted by Crippen LogP contribution is 2.57. The summed E-state index contributed by atoms with van der Waals surface area (Å²) in [4.78, 5) is 24.8. The lowest BCUT2D eigenvalue weighted by atomic mass is 9.54. The van der Waals surface area contributed by atoms with Crippen LogP contribution in [0, 0.1) is 23.7 Å². The van der Waals surface area contributed by atoms with Crippen molar-refractivity contribution >= 4 is 11.6 Å². The Labute approximate surface area is 225 Å². The summed E-state index contributed by atoms with van der Waals surface area (Å²) in [6, 6.07) is 3.78. The zero-order valence-corrected chi connectivity index (χ0v) is 21.8. The van der Waals surface area contributed by atoms with Crippen molar-refractivity contribution in [2.24, 2.45) is 23.7 Å². The number of allylic oxidation sites excluding steroid dienone is 1. The van der Waals surface area contributed by atoms with E-state index in [1.165, 1.54) is 0 Å². The summed E-state index contributed by atoms with van der Waals surface area (Å²) < 4.78 is 10.8. The fourth-order valence-electron chi connectivity index (χ4n) is 7.61. The smallest absolute Gasteiger partial charge is 0.170 e. The fourth-order valence-corrected chi connectivity index (χ4v) is 7.61. The van der Waals surface area contributed by atoms with Crippen molar-refractivity contribution in [3.05, 3.63) is 52.7 Å². The minimum Gasteiger partial charge on any atom is -0.508 e. The van der Waals surface area contributed by atoms with Crippen LogP contribution in [0.4, 0.5) is 0 Å². The number of phenolic OH excluding ortho intramolecular Hbond substituents is 1. The van der Waals surface area contributed by atoms with E-state index < -0.39 is 52.5 Å². The lowest BCUT2D eigenvalue weighted by Crippen LogP contribution is -2.63. The van der Waals surface area contributed by atoms with Gasteiger partial charge in [0.2, 0.25) is 0 Å². The molecule has 6 rings (SSSR count). The number of ketones is 2. The molecule has 1 saturated carbocycles. The first-order valence-corrected chi connectivity index (χ1v) is 13.7. The molecular weight excluding hydrogens is 504 g/mol. The monoisotopic (exact) mass is 538 g/mol. The van der Waals surface area contributed by atoms with Crippen molar-refractivity contribution in [3.63, 3.8) is 0 Å². The highest BCUT2D eigenvalue weighted by Gasteiger charge is 2.62. The average molecular weight is 539 g/mol. The molecule has 2 fully saturated rings. The number of benzene rings is 1. The molecular formula is C30H34O9. The number of phenols is 1. The Kier molecular flexibility index (Phi) is 6.45. The van der Waals surface area contributed by atoms with E-state index >= 15 is 0 Å². The summed E-state index contributed by atoms with van der Waals surface area (Å²) in [5.41, 5.74) is 0.604. The molecule has 9 nitrogen and oxygen atoms in total. The Hall–Kier alpha value is -2.98. The Balaban J connectivity index is 1.46. The number of Topliss-reactive ketones (excluding diaryl/α,β-unsaturated/α-hetero) is 2. The summed E-state index contributed by atoms with van der Waals surface area (Å²) in [6.07, 6.45) is 2.90. The zero-order chi connectivity index (χ0) is 27.6. The number of fused-ring (bicyclic) bond motifs is 3. The van der Waals surface area contributed by atoms with Gasteiger partial charge in [0.15, 0.2) is 17.2 Å². The van der Waals surface area contributed by atoms with E-state index in [2.05, 4.69) is 0 Å². The van der Waals surface area contributed by atoms with Gasteiger partial charge in [-0.2, -0.15) is 0 Å². The number of hydrogen-bond acceptors (Lipinski definition) is 9. The maximum atomic E-state index is 12.7. The molecule has 5 N–H and O–H groups in total. The molecule has 1 aromatic heterocycles. The van der Waals surface area contributed by atoms with Gasteiger partial charge in [0.1, 0.15) is 17.1 Å². The van der Waals surface area contributed by atoms with Gasteiger partial charge in [-0.05, 0) is 79.7 Å².